The van der Waals surface area contributed by atoms with E-state index in [1.807, 2.05) is 4.83 Å². The minimum atomic E-state index is -4.14. The molecule has 1 amide bonds. The summed E-state index contributed by atoms with van der Waals surface area (Å²) in [6.45, 7) is 0.863. The van der Waals surface area contributed by atoms with Crippen LogP contribution in [0.15, 0.2) is 52.3 Å². The Morgan fingerprint density at radius 3 is 2.14 bits per heavy atom. The van der Waals surface area contributed by atoms with Gasteiger partial charge in [-0.25, -0.2) is 16.8 Å². The maximum absolute atomic E-state index is 12.6. The van der Waals surface area contributed by atoms with Gasteiger partial charge in [0.2, 0.25) is 10.0 Å². The van der Waals surface area contributed by atoms with Crippen molar-refractivity contribution in [2.45, 2.75) is 22.6 Å². The molecule has 1 heterocycles. The monoisotopic (exact) mass is 477 g/mol. The first-order chi connectivity index (χ1) is 13.6. The molecule has 0 aliphatic carbocycles. The van der Waals surface area contributed by atoms with Crippen molar-refractivity contribution in [3.8, 4) is 0 Å². The number of hydrazine groups is 1. The number of hydrogen-bond donors (Lipinski definition) is 2. The van der Waals surface area contributed by atoms with Crippen LogP contribution < -0.4 is 10.3 Å². The van der Waals surface area contributed by atoms with E-state index in [9.17, 15) is 21.6 Å². The second-order valence-corrected chi connectivity index (χ2v) is 10.8. The van der Waals surface area contributed by atoms with E-state index in [1.165, 1.54) is 46.8 Å². The smallest absolute Gasteiger partial charge is 0.266 e. The standard InChI is InChI=1S/C17H17Cl2N3O5S2/c18-13-9-14(19)11-16(10-13)28(24,25)21-20-17(23)12-4-3-5-15(8-12)29(26,27)22-6-1-2-7-22/h3-5,8-11,21H,1-2,6-7H2,(H,20,23). The molecule has 12 heteroatoms. The lowest BCUT2D eigenvalue weighted by Gasteiger charge is -2.16. The molecule has 1 saturated heterocycles. The molecule has 156 valence electrons. The lowest BCUT2D eigenvalue weighted by molar-refractivity contribution is 0.0945. The number of nitrogens with zero attached hydrogens (tertiary/aromatic N) is 1. The van der Waals surface area contributed by atoms with E-state index in [2.05, 4.69) is 5.43 Å². The molecule has 0 spiro atoms. The molecule has 0 saturated carbocycles. The van der Waals surface area contributed by atoms with E-state index in [0.717, 1.165) is 12.8 Å². The van der Waals surface area contributed by atoms with Crippen LogP contribution in [0.4, 0.5) is 0 Å². The molecular formula is C17H17Cl2N3O5S2. The van der Waals surface area contributed by atoms with E-state index < -0.39 is 26.0 Å². The lowest BCUT2D eigenvalue weighted by atomic mass is 10.2. The quantitative estimate of drug-likeness (QED) is 0.620. The number of carbonyl (C=O) groups excluding carboxylic acids is 1. The predicted octanol–water partition coefficient (Wildman–Crippen LogP) is 2.40. The van der Waals surface area contributed by atoms with Crippen LogP contribution in [0.1, 0.15) is 23.2 Å². The Morgan fingerprint density at radius 2 is 1.52 bits per heavy atom. The number of carbonyl (C=O) groups is 1. The largest absolute Gasteiger partial charge is 0.273 e. The van der Waals surface area contributed by atoms with Crippen LogP contribution in [-0.2, 0) is 20.0 Å². The van der Waals surface area contributed by atoms with Gasteiger partial charge in [-0.05, 0) is 49.2 Å². The molecule has 1 aliphatic rings. The van der Waals surface area contributed by atoms with Crippen molar-refractivity contribution >= 4 is 49.2 Å². The Balaban J connectivity index is 1.76. The summed E-state index contributed by atoms with van der Waals surface area (Å²) in [5.74, 6) is -0.819. The number of halogens is 2. The van der Waals surface area contributed by atoms with E-state index >= 15 is 0 Å². The minimum Gasteiger partial charge on any atom is -0.273 e. The van der Waals surface area contributed by atoms with Crippen LogP contribution in [0.5, 0.6) is 0 Å². The zero-order valence-corrected chi connectivity index (χ0v) is 18.1. The fourth-order valence-corrected chi connectivity index (χ4v) is 5.93. The van der Waals surface area contributed by atoms with Crippen molar-refractivity contribution in [3.05, 3.63) is 58.1 Å². The lowest BCUT2D eigenvalue weighted by Crippen LogP contribution is -2.41. The highest BCUT2D eigenvalue weighted by Gasteiger charge is 2.27. The van der Waals surface area contributed by atoms with Crippen LogP contribution >= 0.6 is 23.2 Å². The van der Waals surface area contributed by atoms with Crippen LogP contribution in [0.3, 0.4) is 0 Å². The maximum Gasteiger partial charge on any atom is 0.266 e. The number of hydrogen-bond acceptors (Lipinski definition) is 5. The Hall–Kier alpha value is -1.69. The van der Waals surface area contributed by atoms with Crippen LogP contribution in [0, 0.1) is 0 Å². The summed E-state index contributed by atoms with van der Waals surface area (Å²) in [7, 11) is -7.84. The fraction of sp³-hybridized carbons (Fsp3) is 0.235. The summed E-state index contributed by atoms with van der Waals surface area (Å²) < 4.78 is 51.3. The Morgan fingerprint density at radius 1 is 0.897 bits per heavy atom. The zero-order chi connectivity index (χ0) is 21.2. The third-order valence-electron chi connectivity index (χ3n) is 4.24. The molecule has 29 heavy (non-hydrogen) atoms. The second kappa shape index (κ2) is 8.58. The average molecular weight is 478 g/mol. The Bertz CT molecular complexity index is 1130. The predicted molar refractivity (Wildman–Crippen MR) is 109 cm³/mol. The van der Waals surface area contributed by atoms with Gasteiger partial charge in [0.1, 0.15) is 0 Å². The summed E-state index contributed by atoms with van der Waals surface area (Å²) in [6, 6.07) is 9.10. The Labute approximate surface area is 178 Å². The molecular weight excluding hydrogens is 461 g/mol. The topological polar surface area (TPSA) is 113 Å². The molecule has 1 aliphatic heterocycles. The van der Waals surface area contributed by atoms with Crippen molar-refractivity contribution in [1.82, 2.24) is 14.6 Å². The zero-order valence-electron chi connectivity index (χ0n) is 14.9. The highest BCUT2D eigenvalue weighted by atomic mass is 35.5. The molecule has 1 fully saturated rings. The molecule has 0 radical (unpaired) electrons. The maximum atomic E-state index is 12.6. The molecule has 2 N–H and O–H groups in total. The molecule has 0 unspecified atom stereocenters. The number of sulfonamides is 2. The molecule has 0 bridgehead atoms. The SMILES string of the molecule is O=C(NNS(=O)(=O)c1cc(Cl)cc(Cl)c1)c1cccc(S(=O)(=O)N2CCCC2)c1. The molecule has 3 rings (SSSR count). The summed E-state index contributed by atoms with van der Waals surface area (Å²) in [5.41, 5.74) is 2.04. The number of benzene rings is 2. The van der Waals surface area contributed by atoms with Crippen LogP contribution in [0.2, 0.25) is 10.0 Å². The summed E-state index contributed by atoms with van der Waals surface area (Å²) >= 11 is 11.6. The highest BCUT2D eigenvalue weighted by molar-refractivity contribution is 7.89. The highest BCUT2D eigenvalue weighted by Crippen LogP contribution is 2.23. The number of amides is 1. The molecule has 2 aromatic rings. The van der Waals surface area contributed by atoms with Gasteiger partial charge in [0, 0.05) is 28.7 Å². The van der Waals surface area contributed by atoms with Crippen LogP contribution in [-0.4, -0.2) is 40.1 Å². The first-order valence-electron chi connectivity index (χ1n) is 8.48. The van der Waals surface area contributed by atoms with E-state index in [0.29, 0.717) is 13.1 Å². The summed E-state index contributed by atoms with van der Waals surface area (Å²) in [6.07, 6.45) is 1.57. The first-order valence-corrected chi connectivity index (χ1v) is 12.2. The van der Waals surface area contributed by atoms with Gasteiger partial charge in [-0.1, -0.05) is 29.3 Å². The molecule has 8 nitrogen and oxygen atoms in total. The van der Waals surface area contributed by atoms with Crippen molar-refractivity contribution in [2.24, 2.45) is 0 Å². The van der Waals surface area contributed by atoms with E-state index in [1.54, 1.807) is 0 Å². The Kier molecular flexibility index (Phi) is 6.51. The third kappa shape index (κ3) is 5.08. The van der Waals surface area contributed by atoms with Crippen molar-refractivity contribution < 1.29 is 21.6 Å². The molecule has 0 aromatic heterocycles. The van der Waals surface area contributed by atoms with E-state index in [-0.39, 0.29) is 25.4 Å². The van der Waals surface area contributed by atoms with Gasteiger partial charge in [0.05, 0.1) is 9.79 Å². The van der Waals surface area contributed by atoms with Gasteiger partial charge in [-0.15, -0.1) is 4.83 Å². The van der Waals surface area contributed by atoms with Gasteiger partial charge in [0.25, 0.3) is 15.9 Å². The average Bonchev–Trinajstić information content (AvgIpc) is 3.21. The normalized spacial score (nSPS) is 15.4. The van der Waals surface area contributed by atoms with Crippen molar-refractivity contribution in [3.63, 3.8) is 0 Å². The van der Waals surface area contributed by atoms with Crippen molar-refractivity contribution in [2.75, 3.05) is 13.1 Å². The minimum absolute atomic E-state index is 0.0166. The van der Waals surface area contributed by atoms with Gasteiger partial charge >= 0.3 is 0 Å². The summed E-state index contributed by atoms with van der Waals surface area (Å²) in [4.78, 5) is 14.0. The number of nitrogens with one attached hydrogen (secondary N) is 2. The fourth-order valence-electron chi connectivity index (χ4n) is 2.80. The van der Waals surface area contributed by atoms with Crippen LogP contribution in [0.25, 0.3) is 0 Å². The van der Waals surface area contributed by atoms with Crippen molar-refractivity contribution in [1.29, 1.82) is 0 Å². The van der Waals surface area contributed by atoms with Gasteiger partial charge < -0.3 is 0 Å². The molecule has 0 atom stereocenters. The van der Waals surface area contributed by atoms with Gasteiger partial charge in [-0.3, -0.25) is 10.2 Å². The van der Waals surface area contributed by atoms with Gasteiger partial charge in [0.15, 0.2) is 0 Å². The second-order valence-electron chi connectivity index (χ2n) is 6.30. The summed E-state index contributed by atoms with van der Waals surface area (Å²) in [5, 5.41) is 0.230. The third-order valence-corrected chi connectivity index (χ3v) is 7.80. The van der Waals surface area contributed by atoms with Gasteiger partial charge in [-0.2, -0.15) is 4.31 Å². The van der Waals surface area contributed by atoms with E-state index in [4.69, 9.17) is 23.2 Å². The number of rotatable bonds is 6. The first kappa shape index (κ1) is 22.0. The molecule has 2 aromatic carbocycles.